The Kier molecular flexibility index (Phi) is 6.59. The van der Waals surface area contributed by atoms with Crippen molar-refractivity contribution in [2.45, 2.75) is 24.9 Å². The predicted octanol–water partition coefficient (Wildman–Crippen LogP) is 5.36. The summed E-state index contributed by atoms with van der Waals surface area (Å²) in [5.74, 6) is 1.86. The fourth-order valence-corrected chi connectivity index (χ4v) is 4.07. The Labute approximate surface area is 190 Å². The Bertz CT molecular complexity index is 1070. The van der Waals surface area contributed by atoms with E-state index in [1.54, 1.807) is 20.3 Å². The lowest BCUT2D eigenvalue weighted by molar-refractivity contribution is 0.102. The third-order valence-electron chi connectivity index (χ3n) is 5.49. The van der Waals surface area contributed by atoms with Gasteiger partial charge in [-0.05, 0) is 60.0 Å². The lowest BCUT2D eigenvalue weighted by atomic mass is 10.1. The number of anilines is 1. The maximum Gasteiger partial charge on any atom is 0.255 e. The minimum atomic E-state index is -0.116. The first kappa shape index (κ1) is 21.4. The van der Waals surface area contributed by atoms with Gasteiger partial charge in [0.25, 0.3) is 5.91 Å². The van der Waals surface area contributed by atoms with Crippen molar-refractivity contribution in [2.24, 2.45) is 0 Å². The Hall–Kier alpha value is -2.83. The monoisotopic (exact) mass is 480 g/mol. The van der Waals surface area contributed by atoms with Crippen molar-refractivity contribution in [3.05, 3.63) is 87.9 Å². The molecule has 0 spiro atoms. The Balaban J connectivity index is 1.30. The second-order valence-electron chi connectivity index (χ2n) is 7.61. The molecule has 31 heavy (non-hydrogen) atoms. The highest BCUT2D eigenvalue weighted by molar-refractivity contribution is 9.10. The van der Waals surface area contributed by atoms with Crippen molar-refractivity contribution < 1.29 is 14.3 Å². The predicted molar refractivity (Wildman–Crippen MR) is 126 cm³/mol. The number of methoxy groups -OCH3 is 2. The van der Waals surface area contributed by atoms with Crippen molar-refractivity contribution in [1.82, 2.24) is 5.32 Å². The summed E-state index contributed by atoms with van der Waals surface area (Å²) in [6.07, 6.45) is 1.11. The van der Waals surface area contributed by atoms with Gasteiger partial charge >= 0.3 is 0 Å². The minimum Gasteiger partial charge on any atom is -0.493 e. The van der Waals surface area contributed by atoms with Crippen molar-refractivity contribution in [2.75, 3.05) is 19.5 Å². The van der Waals surface area contributed by atoms with E-state index in [9.17, 15) is 4.79 Å². The average molecular weight is 481 g/mol. The van der Waals surface area contributed by atoms with Crippen LogP contribution in [0.2, 0.25) is 0 Å². The molecule has 0 aliphatic heterocycles. The van der Waals surface area contributed by atoms with Gasteiger partial charge in [-0.1, -0.05) is 40.2 Å². The van der Waals surface area contributed by atoms with E-state index in [2.05, 4.69) is 44.8 Å². The lowest BCUT2D eigenvalue weighted by Gasteiger charge is -2.10. The molecule has 2 N–H and O–H groups in total. The number of halogens is 1. The summed E-state index contributed by atoms with van der Waals surface area (Å²) in [5, 5.41) is 6.57. The fraction of sp³-hybridized carbons (Fsp3) is 0.240. The zero-order valence-corrected chi connectivity index (χ0v) is 19.1. The molecule has 6 heteroatoms. The van der Waals surface area contributed by atoms with Crippen molar-refractivity contribution in [3.63, 3.8) is 0 Å². The van der Waals surface area contributed by atoms with E-state index < -0.39 is 0 Å². The van der Waals surface area contributed by atoms with Crippen LogP contribution in [-0.2, 0) is 6.54 Å². The highest BCUT2D eigenvalue weighted by Gasteiger charge is 2.37. The maximum absolute atomic E-state index is 12.4. The molecule has 3 aromatic carbocycles. The van der Waals surface area contributed by atoms with Gasteiger partial charge in [0.05, 0.1) is 14.2 Å². The molecule has 4 rings (SSSR count). The largest absolute Gasteiger partial charge is 0.493 e. The van der Waals surface area contributed by atoms with Crippen LogP contribution in [0.4, 0.5) is 5.69 Å². The number of benzene rings is 3. The molecular formula is C25H25BrN2O3. The third-order valence-corrected chi connectivity index (χ3v) is 5.98. The van der Waals surface area contributed by atoms with Gasteiger partial charge in [0.1, 0.15) is 0 Å². The molecule has 1 aliphatic rings. The van der Waals surface area contributed by atoms with Crippen molar-refractivity contribution in [3.8, 4) is 11.5 Å². The summed E-state index contributed by atoms with van der Waals surface area (Å²) >= 11 is 3.40. The Morgan fingerprint density at radius 2 is 1.77 bits per heavy atom. The van der Waals surface area contributed by atoms with Crippen LogP contribution in [0.15, 0.2) is 71.2 Å². The van der Waals surface area contributed by atoms with Gasteiger partial charge < -0.3 is 20.1 Å². The van der Waals surface area contributed by atoms with Crippen LogP contribution in [0.5, 0.6) is 11.5 Å². The van der Waals surface area contributed by atoms with Gasteiger partial charge in [0.2, 0.25) is 0 Å². The summed E-state index contributed by atoms with van der Waals surface area (Å²) in [7, 11) is 3.29. The molecule has 1 saturated carbocycles. The zero-order chi connectivity index (χ0) is 21.8. The molecule has 0 aromatic heterocycles. The first-order valence-electron chi connectivity index (χ1n) is 10.2. The number of carbonyl (C=O) groups is 1. The SMILES string of the molecule is COc1ccc(CN[C@@H]2C[C@H]2c2ccc(NC(=O)c3cccc(Br)c3)cc2)cc1OC. The van der Waals surface area contributed by atoms with Gasteiger partial charge in [0.15, 0.2) is 11.5 Å². The number of carbonyl (C=O) groups excluding carboxylic acids is 1. The van der Waals surface area contributed by atoms with Crippen LogP contribution >= 0.6 is 15.9 Å². The van der Waals surface area contributed by atoms with Crippen molar-refractivity contribution in [1.29, 1.82) is 0 Å². The van der Waals surface area contributed by atoms with Crippen LogP contribution in [-0.4, -0.2) is 26.2 Å². The first-order chi connectivity index (χ1) is 15.1. The zero-order valence-electron chi connectivity index (χ0n) is 17.5. The van der Waals surface area contributed by atoms with Crippen LogP contribution in [0.1, 0.15) is 33.8 Å². The molecule has 1 fully saturated rings. The maximum atomic E-state index is 12.4. The van der Waals surface area contributed by atoms with E-state index in [0.717, 1.165) is 40.2 Å². The number of hydrogen-bond donors (Lipinski definition) is 2. The number of rotatable bonds is 8. The van der Waals surface area contributed by atoms with E-state index in [-0.39, 0.29) is 5.91 Å². The normalized spacial score (nSPS) is 17.1. The smallest absolute Gasteiger partial charge is 0.255 e. The summed E-state index contributed by atoms with van der Waals surface area (Å²) in [5.41, 5.74) is 3.86. The second-order valence-corrected chi connectivity index (χ2v) is 8.52. The molecule has 0 heterocycles. The molecule has 1 aliphatic carbocycles. The topological polar surface area (TPSA) is 59.6 Å². The summed E-state index contributed by atoms with van der Waals surface area (Å²) in [6.45, 7) is 0.780. The van der Waals surface area contributed by atoms with E-state index >= 15 is 0 Å². The molecule has 0 saturated heterocycles. The molecule has 1 amide bonds. The molecular weight excluding hydrogens is 456 g/mol. The van der Waals surface area contributed by atoms with Crippen LogP contribution in [0.25, 0.3) is 0 Å². The number of hydrogen-bond acceptors (Lipinski definition) is 4. The molecule has 3 aromatic rings. The van der Waals surface area contributed by atoms with Crippen LogP contribution in [0, 0.1) is 0 Å². The standard InChI is InChI=1S/C25H25BrN2O3/c1-30-23-11-6-16(12-24(23)31-2)15-27-22-14-21(22)17-7-9-20(10-8-17)28-25(29)18-4-3-5-19(26)13-18/h3-13,21-22,27H,14-15H2,1-2H3,(H,28,29)/t21-,22+/m0/s1. The molecule has 2 atom stereocenters. The third kappa shape index (κ3) is 5.27. The molecule has 0 unspecified atom stereocenters. The van der Waals surface area contributed by atoms with Gasteiger partial charge in [-0.25, -0.2) is 0 Å². The molecule has 0 bridgehead atoms. The average Bonchev–Trinajstić information content (AvgIpc) is 3.57. The second kappa shape index (κ2) is 9.54. The van der Waals surface area contributed by atoms with E-state index in [0.29, 0.717) is 17.5 Å². The van der Waals surface area contributed by atoms with Gasteiger partial charge in [-0.15, -0.1) is 0 Å². The lowest BCUT2D eigenvalue weighted by Crippen LogP contribution is -2.17. The van der Waals surface area contributed by atoms with Crippen LogP contribution < -0.4 is 20.1 Å². The van der Waals surface area contributed by atoms with Gasteiger partial charge in [0, 0.05) is 34.2 Å². The van der Waals surface area contributed by atoms with Crippen LogP contribution in [0.3, 0.4) is 0 Å². The quantitative estimate of drug-likeness (QED) is 0.455. The summed E-state index contributed by atoms with van der Waals surface area (Å²) in [6, 6.07) is 21.9. The minimum absolute atomic E-state index is 0.116. The Morgan fingerprint density at radius 3 is 2.48 bits per heavy atom. The summed E-state index contributed by atoms with van der Waals surface area (Å²) < 4.78 is 11.6. The first-order valence-corrected chi connectivity index (χ1v) is 11.0. The number of nitrogens with one attached hydrogen (secondary N) is 2. The van der Waals surface area contributed by atoms with Gasteiger partial charge in [-0.2, -0.15) is 0 Å². The highest BCUT2D eigenvalue weighted by atomic mass is 79.9. The number of amides is 1. The van der Waals surface area contributed by atoms with E-state index in [1.807, 2.05) is 42.5 Å². The Morgan fingerprint density at radius 1 is 1.00 bits per heavy atom. The number of ether oxygens (including phenoxy) is 2. The molecule has 5 nitrogen and oxygen atoms in total. The van der Waals surface area contributed by atoms with E-state index in [1.165, 1.54) is 5.56 Å². The molecule has 0 radical (unpaired) electrons. The molecule has 160 valence electrons. The van der Waals surface area contributed by atoms with Crippen molar-refractivity contribution >= 4 is 27.5 Å². The summed E-state index contributed by atoms with van der Waals surface area (Å²) in [4.78, 5) is 12.4. The van der Waals surface area contributed by atoms with Gasteiger partial charge in [-0.3, -0.25) is 4.79 Å². The van der Waals surface area contributed by atoms with E-state index in [4.69, 9.17) is 9.47 Å². The highest BCUT2D eigenvalue weighted by Crippen LogP contribution is 2.41. The fourth-order valence-electron chi connectivity index (χ4n) is 3.68.